The Morgan fingerprint density at radius 1 is 1.09 bits per heavy atom. The third-order valence-corrected chi connectivity index (χ3v) is 6.08. The second-order valence-electron chi connectivity index (χ2n) is 8.76. The Morgan fingerprint density at radius 3 is 2.50 bits per heavy atom. The van der Waals surface area contributed by atoms with E-state index in [1.165, 1.54) is 38.2 Å². The summed E-state index contributed by atoms with van der Waals surface area (Å²) in [6, 6.07) is 13.5. The second kappa shape index (κ2) is 8.78. The number of nitrogens with one attached hydrogen (secondary N) is 2. The number of hydrogen-bond donors (Lipinski definition) is 3. The minimum absolute atomic E-state index is 0.0607. The van der Waals surface area contributed by atoms with Gasteiger partial charge in [0.15, 0.2) is 11.6 Å². The van der Waals surface area contributed by atoms with Crippen LogP contribution in [0.5, 0.6) is 5.75 Å². The van der Waals surface area contributed by atoms with Gasteiger partial charge in [0.2, 0.25) is 0 Å². The zero-order chi connectivity index (χ0) is 23.8. The summed E-state index contributed by atoms with van der Waals surface area (Å²) in [5.74, 6) is 0.613. The maximum absolute atomic E-state index is 13.6. The average molecular weight is 460 g/mol. The van der Waals surface area contributed by atoms with Crippen molar-refractivity contribution in [2.75, 3.05) is 17.7 Å². The molecule has 1 unspecified atom stereocenters. The molecule has 2 heterocycles. The van der Waals surface area contributed by atoms with Gasteiger partial charge < -0.3 is 21.1 Å². The number of methoxy groups -OCH3 is 1. The van der Waals surface area contributed by atoms with Gasteiger partial charge in [-0.25, -0.2) is 9.18 Å². The Balaban J connectivity index is 1.37. The first-order valence-corrected chi connectivity index (χ1v) is 11.3. The molecular formula is C26H26FN5O2. The van der Waals surface area contributed by atoms with Gasteiger partial charge in [-0.3, -0.25) is 9.98 Å². The number of aromatic nitrogens is 1. The first-order valence-electron chi connectivity index (χ1n) is 11.3. The van der Waals surface area contributed by atoms with E-state index in [9.17, 15) is 9.18 Å². The van der Waals surface area contributed by atoms with Gasteiger partial charge in [-0.05, 0) is 61.2 Å². The number of halogens is 1. The predicted octanol–water partition coefficient (Wildman–Crippen LogP) is 5.07. The van der Waals surface area contributed by atoms with Crippen molar-refractivity contribution in [1.82, 2.24) is 4.98 Å². The molecule has 1 aliphatic carbocycles. The zero-order valence-electron chi connectivity index (χ0n) is 19.1. The summed E-state index contributed by atoms with van der Waals surface area (Å²) in [7, 11) is 1.37. The van der Waals surface area contributed by atoms with Crippen LogP contribution in [-0.4, -0.2) is 30.0 Å². The molecule has 4 N–H and O–H groups in total. The van der Waals surface area contributed by atoms with E-state index in [1.807, 2.05) is 24.3 Å². The molecule has 2 amide bonds. The lowest BCUT2D eigenvalue weighted by atomic mass is 9.92. The number of nitrogens with zero attached hydrogens (tertiary/aromatic N) is 2. The normalized spacial score (nSPS) is 16.9. The molecule has 0 bridgehead atoms. The molecule has 1 saturated carbocycles. The summed E-state index contributed by atoms with van der Waals surface area (Å²) in [6.07, 6.45) is 3.11. The number of amides is 2. The van der Waals surface area contributed by atoms with Crippen LogP contribution in [0.25, 0.3) is 11.1 Å². The molecule has 2 aromatic carbocycles. The number of anilines is 2. The number of carbonyl (C=O) groups is 1. The van der Waals surface area contributed by atoms with E-state index in [4.69, 9.17) is 15.5 Å². The Kier molecular flexibility index (Phi) is 5.65. The monoisotopic (exact) mass is 459 g/mol. The number of benzene rings is 2. The highest BCUT2D eigenvalue weighted by atomic mass is 19.1. The average Bonchev–Trinajstić information content (AvgIpc) is 3.65. The van der Waals surface area contributed by atoms with Crippen molar-refractivity contribution in [3.05, 3.63) is 71.3 Å². The summed E-state index contributed by atoms with van der Waals surface area (Å²) in [5.41, 5.74) is 12.4. The van der Waals surface area contributed by atoms with Gasteiger partial charge >= 0.3 is 6.03 Å². The van der Waals surface area contributed by atoms with Gasteiger partial charge in [0.1, 0.15) is 5.84 Å². The summed E-state index contributed by atoms with van der Waals surface area (Å²) in [5, 5.41) is 5.47. The first-order chi connectivity index (χ1) is 16.4. The largest absolute Gasteiger partial charge is 0.494 e. The number of nitrogens with two attached hydrogens (primary N) is 1. The summed E-state index contributed by atoms with van der Waals surface area (Å²) in [6.45, 7) is 2.05. The van der Waals surface area contributed by atoms with Crippen molar-refractivity contribution in [3.63, 3.8) is 0 Å². The Morgan fingerprint density at radius 2 is 1.79 bits per heavy atom. The molecule has 0 saturated heterocycles. The molecular weight excluding hydrogens is 433 g/mol. The van der Waals surface area contributed by atoms with Gasteiger partial charge in [-0.2, -0.15) is 0 Å². The number of ether oxygens (including phenoxy) is 1. The van der Waals surface area contributed by atoms with E-state index in [0.717, 1.165) is 34.5 Å². The minimum Gasteiger partial charge on any atom is -0.494 e. The van der Waals surface area contributed by atoms with Crippen molar-refractivity contribution in [1.29, 1.82) is 0 Å². The van der Waals surface area contributed by atoms with Gasteiger partial charge in [0.25, 0.3) is 0 Å². The lowest BCUT2D eigenvalue weighted by Crippen LogP contribution is -2.27. The minimum atomic E-state index is -0.493. The van der Waals surface area contributed by atoms with Gasteiger partial charge in [-0.1, -0.05) is 12.1 Å². The Hall–Kier alpha value is -3.94. The summed E-state index contributed by atoms with van der Waals surface area (Å²) >= 11 is 0. The van der Waals surface area contributed by atoms with Gasteiger partial charge in [0.05, 0.1) is 18.8 Å². The van der Waals surface area contributed by atoms with Crippen LogP contribution in [0.3, 0.4) is 0 Å². The molecule has 1 aromatic heterocycles. The van der Waals surface area contributed by atoms with Crippen molar-refractivity contribution in [3.8, 4) is 16.9 Å². The highest BCUT2D eigenvalue weighted by Crippen LogP contribution is 2.42. The van der Waals surface area contributed by atoms with E-state index in [0.29, 0.717) is 23.1 Å². The van der Waals surface area contributed by atoms with Crippen LogP contribution in [0.4, 0.5) is 20.6 Å². The lowest BCUT2D eigenvalue weighted by Gasteiger charge is -2.22. The van der Waals surface area contributed by atoms with E-state index < -0.39 is 11.8 Å². The molecule has 7 nitrogen and oxygen atoms in total. The molecule has 1 atom stereocenters. The molecule has 174 valence electrons. The number of urea groups is 1. The smallest absolute Gasteiger partial charge is 0.323 e. The fourth-order valence-electron chi connectivity index (χ4n) is 4.26. The van der Waals surface area contributed by atoms with E-state index in [-0.39, 0.29) is 11.8 Å². The molecule has 0 spiro atoms. The zero-order valence-corrected chi connectivity index (χ0v) is 19.1. The molecule has 3 aromatic rings. The quantitative estimate of drug-likeness (QED) is 0.496. The third-order valence-electron chi connectivity index (χ3n) is 6.08. The maximum Gasteiger partial charge on any atom is 0.323 e. The fraction of sp³-hybridized carbons (Fsp3) is 0.269. The van der Waals surface area contributed by atoms with Crippen molar-refractivity contribution in [2.45, 2.75) is 38.1 Å². The van der Waals surface area contributed by atoms with Gasteiger partial charge in [0, 0.05) is 41.0 Å². The lowest BCUT2D eigenvalue weighted by molar-refractivity contribution is 0.262. The van der Waals surface area contributed by atoms with Crippen LogP contribution < -0.4 is 21.1 Å². The molecule has 0 radical (unpaired) electrons. The first kappa shape index (κ1) is 21.9. The van der Waals surface area contributed by atoms with Crippen LogP contribution in [0, 0.1) is 5.82 Å². The number of fused-ring (bicyclic) bond motifs is 1. The SMILES string of the molecule is COc1cc(NC(=O)Nc2ccc(-c3cc(C4CC4)nc4c3C(N)=NC(C)C4)cc2)ccc1F. The number of aliphatic imine (C=N–C) groups is 1. The standard InChI is InChI=1S/C26H26FN5O2/c1-14-11-22-24(25(28)29-14)19(13-21(32-22)16-3-4-16)15-5-7-17(8-6-15)30-26(33)31-18-9-10-20(27)23(12-18)34-2/h5-10,12-14,16H,3-4,11H2,1-2H3,(H2,28,29)(H2,30,31,33). The molecule has 34 heavy (non-hydrogen) atoms. The number of hydrogen-bond acceptors (Lipinski definition) is 5. The highest BCUT2D eigenvalue weighted by Gasteiger charge is 2.29. The van der Waals surface area contributed by atoms with E-state index in [1.54, 1.807) is 0 Å². The van der Waals surface area contributed by atoms with Crippen molar-refractivity contribution < 1.29 is 13.9 Å². The van der Waals surface area contributed by atoms with E-state index >= 15 is 0 Å². The number of amidine groups is 1. The molecule has 2 aliphatic rings. The van der Waals surface area contributed by atoms with Crippen molar-refractivity contribution in [2.24, 2.45) is 10.7 Å². The Labute approximate surface area is 197 Å². The molecule has 5 rings (SSSR count). The number of carbonyl (C=O) groups excluding carboxylic acids is 1. The second-order valence-corrected chi connectivity index (χ2v) is 8.76. The maximum atomic E-state index is 13.6. The Bertz CT molecular complexity index is 1290. The molecule has 8 heteroatoms. The van der Waals surface area contributed by atoms with Crippen LogP contribution in [0.1, 0.15) is 42.6 Å². The van der Waals surface area contributed by atoms with Crippen LogP contribution in [0.15, 0.2) is 53.5 Å². The van der Waals surface area contributed by atoms with Gasteiger partial charge in [-0.15, -0.1) is 0 Å². The topological polar surface area (TPSA) is 102 Å². The fourth-order valence-corrected chi connectivity index (χ4v) is 4.26. The summed E-state index contributed by atoms with van der Waals surface area (Å²) < 4.78 is 18.5. The van der Waals surface area contributed by atoms with Crippen LogP contribution in [0.2, 0.25) is 0 Å². The highest BCUT2D eigenvalue weighted by molar-refractivity contribution is 6.05. The number of pyridine rings is 1. The summed E-state index contributed by atoms with van der Waals surface area (Å²) in [4.78, 5) is 21.9. The predicted molar refractivity (Wildman–Crippen MR) is 131 cm³/mol. The third kappa shape index (κ3) is 4.44. The number of rotatable bonds is 5. The van der Waals surface area contributed by atoms with Crippen LogP contribution >= 0.6 is 0 Å². The van der Waals surface area contributed by atoms with Crippen molar-refractivity contribution >= 4 is 23.2 Å². The molecule has 1 aliphatic heterocycles. The van der Waals surface area contributed by atoms with E-state index in [2.05, 4.69) is 28.6 Å². The van der Waals surface area contributed by atoms with Crippen LogP contribution in [-0.2, 0) is 6.42 Å². The molecule has 1 fully saturated rings.